The highest BCUT2D eigenvalue weighted by molar-refractivity contribution is 7.10. The lowest BCUT2D eigenvalue weighted by atomic mass is 9.55. The summed E-state index contributed by atoms with van der Waals surface area (Å²) in [6.45, 7) is 4.35. The summed E-state index contributed by atoms with van der Waals surface area (Å²) in [6.07, 6.45) is 2.09. The maximum Gasteiger partial charge on any atom is 0.190 e. The first-order valence-corrected chi connectivity index (χ1v) is 10.9. The Labute approximate surface area is 180 Å². The third-order valence-corrected chi connectivity index (χ3v) is 7.54. The lowest BCUT2D eigenvalue weighted by Crippen LogP contribution is -3.12. The van der Waals surface area contributed by atoms with Gasteiger partial charge in [0.2, 0.25) is 0 Å². The SMILES string of the molecule is Cc1ccsc1[C@H]1[C@H]2C[NH+](Cc3ccccc3)CC=C2[C@H](C#N)C(=N)C1(C#N)C#N. The minimum atomic E-state index is -1.62. The highest BCUT2D eigenvalue weighted by atomic mass is 32.1. The Kier molecular flexibility index (Phi) is 5.27. The Morgan fingerprint density at radius 3 is 2.50 bits per heavy atom. The molecule has 1 saturated carbocycles. The van der Waals surface area contributed by atoms with Crippen molar-refractivity contribution in [2.45, 2.75) is 19.4 Å². The fourth-order valence-corrected chi connectivity index (χ4v) is 6.13. The molecule has 2 heterocycles. The van der Waals surface area contributed by atoms with Crippen LogP contribution in [0.1, 0.15) is 21.9 Å². The van der Waals surface area contributed by atoms with E-state index in [0.717, 1.165) is 35.6 Å². The van der Waals surface area contributed by atoms with Gasteiger partial charge in [0.1, 0.15) is 12.5 Å². The molecule has 1 aromatic carbocycles. The predicted molar refractivity (Wildman–Crippen MR) is 115 cm³/mol. The molecule has 2 aromatic rings. The summed E-state index contributed by atoms with van der Waals surface area (Å²) in [4.78, 5) is 2.32. The summed E-state index contributed by atoms with van der Waals surface area (Å²) in [7, 11) is 0. The van der Waals surface area contributed by atoms with Gasteiger partial charge in [0, 0.05) is 22.3 Å². The molecule has 6 heteroatoms. The van der Waals surface area contributed by atoms with E-state index >= 15 is 0 Å². The molecule has 0 saturated heterocycles. The number of nitriles is 3. The molecular formula is C24H22N5S+. The average molecular weight is 413 g/mol. The number of hydrogen-bond acceptors (Lipinski definition) is 5. The van der Waals surface area contributed by atoms with Gasteiger partial charge < -0.3 is 10.3 Å². The van der Waals surface area contributed by atoms with Crippen LogP contribution in [0.4, 0.5) is 0 Å². The first-order valence-electron chi connectivity index (χ1n) is 9.98. The van der Waals surface area contributed by atoms with Crippen molar-refractivity contribution in [3.63, 3.8) is 0 Å². The number of fused-ring (bicyclic) bond motifs is 1. The quantitative estimate of drug-likeness (QED) is 0.758. The van der Waals surface area contributed by atoms with E-state index in [-0.39, 0.29) is 11.6 Å². The van der Waals surface area contributed by atoms with Crippen LogP contribution >= 0.6 is 11.3 Å². The van der Waals surface area contributed by atoms with Crippen molar-refractivity contribution in [3.05, 3.63) is 69.4 Å². The summed E-state index contributed by atoms with van der Waals surface area (Å²) in [5.74, 6) is -1.35. The van der Waals surface area contributed by atoms with Gasteiger partial charge in [-0.2, -0.15) is 15.8 Å². The van der Waals surface area contributed by atoms with E-state index in [4.69, 9.17) is 5.41 Å². The van der Waals surface area contributed by atoms with Crippen LogP contribution in [0, 0.1) is 63.6 Å². The van der Waals surface area contributed by atoms with Crippen molar-refractivity contribution in [1.82, 2.24) is 0 Å². The Balaban J connectivity index is 1.81. The van der Waals surface area contributed by atoms with E-state index in [2.05, 4.69) is 36.4 Å². The van der Waals surface area contributed by atoms with Crippen molar-refractivity contribution < 1.29 is 4.90 Å². The molecule has 1 aliphatic heterocycles. The molecule has 1 aromatic heterocycles. The van der Waals surface area contributed by atoms with Crippen molar-refractivity contribution >= 4 is 17.0 Å². The lowest BCUT2D eigenvalue weighted by Gasteiger charge is -2.46. The number of rotatable bonds is 3. The Hall–Kier alpha value is -3.24. The Bertz CT molecular complexity index is 1110. The fraction of sp³-hybridized carbons (Fsp3) is 0.333. The number of aryl methyl sites for hydroxylation is 1. The summed E-state index contributed by atoms with van der Waals surface area (Å²) in [5, 5.41) is 40.8. The van der Waals surface area contributed by atoms with Crippen molar-refractivity contribution in [3.8, 4) is 18.2 Å². The predicted octanol–water partition coefficient (Wildman–Crippen LogP) is 2.99. The third-order valence-electron chi connectivity index (χ3n) is 6.44. The lowest BCUT2D eigenvalue weighted by molar-refractivity contribution is -0.913. The third kappa shape index (κ3) is 3.04. The standard InChI is InChI=1S/C24H21N5S/c1-16-8-10-30-22(16)21-20-13-29(12-17-5-3-2-4-6-17)9-7-18(20)19(11-25)23(28)24(21,14-26)15-27/h2-8,10,19-21,28H,9,12-13H2,1H3/p+1/t19-,20-,21+/m0/s1. The molecule has 1 unspecified atom stereocenters. The van der Waals surface area contributed by atoms with Gasteiger partial charge in [-0.05, 0) is 35.6 Å². The minimum Gasteiger partial charge on any atom is -0.327 e. The van der Waals surface area contributed by atoms with Gasteiger partial charge in [-0.15, -0.1) is 11.3 Å². The number of nitrogens with zero attached hydrogens (tertiary/aromatic N) is 3. The molecule has 148 valence electrons. The zero-order valence-corrected chi connectivity index (χ0v) is 17.5. The summed E-state index contributed by atoms with van der Waals surface area (Å²) in [6, 6.07) is 18.9. The Morgan fingerprint density at radius 2 is 1.90 bits per heavy atom. The monoisotopic (exact) mass is 412 g/mol. The van der Waals surface area contributed by atoms with Crippen LogP contribution in [-0.2, 0) is 6.54 Å². The average Bonchev–Trinajstić information content (AvgIpc) is 3.19. The second-order valence-corrected chi connectivity index (χ2v) is 9.03. The highest BCUT2D eigenvalue weighted by Crippen LogP contribution is 2.54. The summed E-state index contributed by atoms with van der Waals surface area (Å²) < 4.78 is 0. The van der Waals surface area contributed by atoms with E-state index in [9.17, 15) is 15.8 Å². The number of thiophene rings is 1. The van der Waals surface area contributed by atoms with Gasteiger partial charge in [-0.1, -0.05) is 30.3 Å². The molecule has 4 atom stereocenters. The number of hydrogen-bond donors (Lipinski definition) is 2. The summed E-state index contributed by atoms with van der Waals surface area (Å²) >= 11 is 1.54. The fourth-order valence-electron chi connectivity index (χ4n) is 4.97. The second-order valence-electron chi connectivity index (χ2n) is 8.08. The van der Waals surface area contributed by atoms with Gasteiger partial charge in [0.15, 0.2) is 5.41 Å². The van der Waals surface area contributed by atoms with Gasteiger partial charge in [0.05, 0.1) is 37.0 Å². The Morgan fingerprint density at radius 1 is 1.17 bits per heavy atom. The molecule has 1 fully saturated rings. The van der Waals surface area contributed by atoms with Crippen LogP contribution < -0.4 is 4.90 Å². The van der Waals surface area contributed by atoms with E-state index in [1.807, 2.05) is 36.6 Å². The second kappa shape index (κ2) is 7.88. The van der Waals surface area contributed by atoms with E-state index in [1.165, 1.54) is 10.5 Å². The molecule has 4 rings (SSSR count). The molecule has 0 radical (unpaired) electrons. The smallest absolute Gasteiger partial charge is 0.190 e. The first-order chi connectivity index (χ1) is 14.6. The van der Waals surface area contributed by atoms with Gasteiger partial charge in [0.25, 0.3) is 0 Å². The maximum atomic E-state index is 10.1. The van der Waals surface area contributed by atoms with E-state index in [1.54, 1.807) is 11.3 Å². The zero-order chi connectivity index (χ0) is 21.3. The summed E-state index contributed by atoms with van der Waals surface area (Å²) in [5.41, 5.74) is 1.51. The maximum absolute atomic E-state index is 10.1. The molecule has 0 amide bonds. The van der Waals surface area contributed by atoms with Crippen molar-refractivity contribution in [2.24, 2.45) is 17.3 Å². The molecule has 5 nitrogen and oxygen atoms in total. The van der Waals surface area contributed by atoms with E-state index in [0.29, 0.717) is 0 Å². The van der Waals surface area contributed by atoms with Crippen LogP contribution in [0.25, 0.3) is 0 Å². The van der Waals surface area contributed by atoms with Crippen molar-refractivity contribution in [1.29, 1.82) is 21.2 Å². The molecule has 0 spiro atoms. The topological polar surface area (TPSA) is 99.7 Å². The molecule has 2 aliphatic rings. The zero-order valence-electron chi connectivity index (χ0n) is 16.7. The molecule has 2 N–H and O–H groups in total. The highest BCUT2D eigenvalue weighted by Gasteiger charge is 2.59. The van der Waals surface area contributed by atoms with Crippen LogP contribution in [0.5, 0.6) is 0 Å². The van der Waals surface area contributed by atoms with E-state index < -0.39 is 17.3 Å². The normalized spacial score (nSPS) is 27.1. The van der Waals surface area contributed by atoms with Crippen LogP contribution in [0.15, 0.2) is 53.4 Å². The van der Waals surface area contributed by atoms with Crippen LogP contribution in [0.3, 0.4) is 0 Å². The van der Waals surface area contributed by atoms with Gasteiger partial charge in [-0.25, -0.2) is 0 Å². The largest absolute Gasteiger partial charge is 0.327 e. The number of quaternary nitrogens is 1. The molecule has 0 bridgehead atoms. The van der Waals surface area contributed by atoms with Gasteiger partial charge >= 0.3 is 0 Å². The minimum absolute atomic E-state index is 0.0678. The number of nitrogens with one attached hydrogen (secondary N) is 2. The number of benzene rings is 1. The van der Waals surface area contributed by atoms with Gasteiger partial charge in [-0.3, -0.25) is 0 Å². The van der Waals surface area contributed by atoms with Crippen molar-refractivity contribution in [2.75, 3.05) is 13.1 Å². The molecule has 1 aliphatic carbocycles. The molecule has 30 heavy (non-hydrogen) atoms. The molecular weight excluding hydrogens is 390 g/mol. The van der Waals surface area contributed by atoms with Crippen LogP contribution in [0.2, 0.25) is 0 Å². The first kappa shape index (κ1) is 20.0. The van der Waals surface area contributed by atoms with Crippen LogP contribution in [-0.4, -0.2) is 18.8 Å².